The average molecular weight is 364 g/mol. The molecule has 3 N–H and O–H groups in total. The number of carbonyl (C=O) groups is 1. The molecule has 0 unspecified atom stereocenters. The summed E-state index contributed by atoms with van der Waals surface area (Å²) in [5.74, 6) is -0.821. The number of aromatic hydroxyl groups is 1. The van der Waals surface area contributed by atoms with E-state index in [-0.39, 0.29) is 12.5 Å². The van der Waals surface area contributed by atoms with E-state index in [2.05, 4.69) is 15.8 Å². The third-order valence-electron chi connectivity index (χ3n) is 3.83. The number of rotatable bonds is 6. The third-order valence-corrected chi connectivity index (χ3v) is 3.83. The Morgan fingerprint density at radius 3 is 2.70 bits per heavy atom. The monoisotopic (exact) mass is 364 g/mol. The topological polar surface area (TPSA) is 117 Å². The van der Waals surface area contributed by atoms with Crippen LogP contribution in [0.4, 0.5) is 11.4 Å². The predicted molar refractivity (Wildman–Crippen MR) is 103 cm³/mol. The molecule has 0 radical (unpaired) electrons. The molecule has 0 aromatic heterocycles. The fourth-order valence-corrected chi connectivity index (χ4v) is 2.55. The van der Waals surface area contributed by atoms with Gasteiger partial charge in [-0.1, -0.05) is 36.4 Å². The SMILES string of the molecule is O=C(CNc1cccc2ccccc12)N/N=C\c1ccc([N+](=O)[O-])c(O)c1. The van der Waals surface area contributed by atoms with Gasteiger partial charge in [0.15, 0.2) is 5.75 Å². The van der Waals surface area contributed by atoms with Crippen molar-refractivity contribution in [3.63, 3.8) is 0 Å². The van der Waals surface area contributed by atoms with Crippen LogP contribution in [0.3, 0.4) is 0 Å². The molecule has 0 atom stereocenters. The number of anilines is 1. The maximum atomic E-state index is 11.9. The molecule has 8 heteroatoms. The van der Waals surface area contributed by atoms with Crippen molar-refractivity contribution in [2.75, 3.05) is 11.9 Å². The van der Waals surface area contributed by atoms with Crippen molar-refractivity contribution in [3.8, 4) is 5.75 Å². The van der Waals surface area contributed by atoms with Gasteiger partial charge in [-0.2, -0.15) is 5.10 Å². The zero-order chi connectivity index (χ0) is 19.2. The molecule has 3 rings (SSSR count). The van der Waals surface area contributed by atoms with Crippen molar-refractivity contribution in [1.29, 1.82) is 0 Å². The van der Waals surface area contributed by atoms with Gasteiger partial charge in [0.2, 0.25) is 0 Å². The number of nitrogens with one attached hydrogen (secondary N) is 2. The highest BCUT2D eigenvalue weighted by Crippen LogP contribution is 2.25. The van der Waals surface area contributed by atoms with Crippen LogP contribution in [-0.2, 0) is 4.79 Å². The molecule has 0 aliphatic carbocycles. The van der Waals surface area contributed by atoms with Crippen molar-refractivity contribution < 1.29 is 14.8 Å². The predicted octanol–water partition coefficient (Wildman–Crippen LogP) is 3.02. The smallest absolute Gasteiger partial charge is 0.310 e. The Morgan fingerprint density at radius 1 is 1.15 bits per heavy atom. The largest absolute Gasteiger partial charge is 0.502 e. The van der Waals surface area contributed by atoms with Crippen molar-refractivity contribution in [1.82, 2.24) is 5.43 Å². The molecule has 0 fully saturated rings. The van der Waals surface area contributed by atoms with E-state index < -0.39 is 16.4 Å². The molecule has 0 saturated carbocycles. The Morgan fingerprint density at radius 2 is 1.93 bits per heavy atom. The Hall–Kier alpha value is -3.94. The summed E-state index contributed by atoms with van der Waals surface area (Å²) in [4.78, 5) is 21.9. The number of phenolic OH excluding ortho intramolecular Hbond substituents is 1. The lowest BCUT2D eigenvalue weighted by molar-refractivity contribution is -0.385. The zero-order valence-corrected chi connectivity index (χ0v) is 14.1. The van der Waals surface area contributed by atoms with Gasteiger partial charge in [0, 0.05) is 17.1 Å². The van der Waals surface area contributed by atoms with Crippen LogP contribution in [0.25, 0.3) is 10.8 Å². The van der Waals surface area contributed by atoms with Crippen LogP contribution in [-0.4, -0.2) is 28.7 Å². The summed E-state index contributed by atoms with van der Waals surface area (Å²) in [5, 5.41) is 29.2. The van der Waals surface area contributed by atoms with Crippen molar-refractivity contribution in [2.45, 2.75) is 0 Å². The summed E-state index contributed by atoms with van der Waals surface area (Å²) in [6.45, 7) is 0.0247. The first-order chi connectivity index (χ1) is 13.0. The molecule has 136 valence electrons. The Kier molecular flexibility index (Phi) is 5.27. The summed E-state index contributed by atoms with van der Waals surface area (Å²) in [6, 6.07) is 17.4. The standard InChI is InChI=1S/C19H16N4O4/c24-18-10-13(8-9-17(18)23(26)27)11-21-22-19(25)12-20-16-7-3-5-14-4-1-2-6-15(14)16/h1-11,20,24H,12H2,(H,22,25)/b21-11-. The quantitative estimate of drug-likeness (QED) is 0.353. The second-order valence-electron chi connectivity index (χ2n) is 5.68. The van der Waals surface area contributed by atoms with Crippen LogP contribution in [0, 0.1) is 10.1 Å². The van der Waals surface area contributed by atoms with E-state index in [9.17, 15) is 20.0 Å². The first kappa shape index (κ1) is 17.9. The minimum atomic E-state index is -0.684. The molecule has 0 saturated heterocycles. The van der Waals surface area contributed by atoms with Crippen LogP contribution in [0.5, 0.6) is 5.75 Å². The lowest BCUT2D eigenvalue weighted by atomic mass is 10.1. The molecule has 0 heterocycles. The van der Waals surface area contributed by atoms with Crippen molar-refractivity contribution in [3.05, 3.63) is 76.3 Å². The zero-order valence-electron chi connectivity index (χ0n) is 14.1. The Labute approximate surface area is 154 Å². The van der Waals surface area contributed by atoms with Gasteiger partial charge in [-0.3, -0.25) is 14.9 Å². The summed E-state index contributed by atoms with van der Waals surface area (Å²) < 4.78 is 0. The summed E-state index contributed by atoms with van der Waals surface area (Å²) in [5.41, 5.74) is 3.22. The van der Waals surface area contributed by atoms with Gasteiger partial charge in [0.25, 0.3) is 5.91 Å². The molecular weight excluding hydrogens is 348 g/mol. The number of benzene rings is 3. The number of nitro groups is 1. The number of nitro benzene ring substituents is 1. The lowest BCUT2D eigenvalue weighted by Gasteiger charge is -2.08. The van der Waals surface area contributed by atoms with Gasteiger partial charge < -0.3 is 10.4 Å². The van der Waals surface area contributed by atoms with E-state index in [1.807, 2.05) is 42.5 Å². The number of fused-ring (bicyclic) bond motifs is 1. The molecule has 27 heavy (non-hydrogen) atoms. The Bertz CT molecular complexity index is 1030. The van der Waals surface area contributed by atoms with Crippen molar-refractivity contribution >= 4 is 34.3 Å². The van der Waals surface area contributed by atoms with E-state index in [0.717, 1.165) is 16.5 Å². The molecule has 8 nitrogen and oxygen atoms in total. The molecule has 0 spiro atoms. The average Bonchev–Trinajstić information content (AvgIpc) is 2.66. The lowest BCUT2D eigenvalue weighted by Crippen LogP contribution is -2.25. The summed E-state index contributed by atoms with van der Waals surface area (Å²) in [7, 11) is 0. The maximum absolute atomic E-state index is 11.9. The second-order valence-corrected chi connectivity index (χ2v) is 5.68. The highest BCUT2D eigenvalue weighted by Gasteiger charge is 2.12. The van der Waals surface area contributed by atoms with Gasteiger partial charge in [-0.15, -0.1) is 0 Å². The van der Waals surface area contributed by atoms with Crippen LogP contribution < -0.4 is 10.7 Å². The van der Waals surface area contributed by atoms with Gasteiger partial charge in [0.1, 0.15) is 0 Å². The third kappa shape index (κ3) is 4.37. The minimum absolute atomic E-state index is 0.0247. The number of hydrogen-bond acceptors (Lipinski definition) is 6. The van der Waals surface area contributed by atoms with E-state index in [1.54, 1.807) is 0 Å². The fraction of sp³-hybridized carbons (Fsp3) is 0.0526. The Balaban J connectivity index is 1.57. The number of phenols is 1. The second kappa shape index (κ2) is 7.96. The van der Waals surface area contributed by atoms with E-state index in [4.69, 9.17) is 0 Å². The molecule has 3 aromatic rings. The van der Waals surface area contributed by atoms with E-state index in [0.29, 0.717) is 5.56 Å². The molecule has 0 bridgehead atoms. The molecule has 3 aromatic carbocycles. The summed E-state index contributed by atoms with van der Waals surface area (Å²) in [6.07, 6.45) is 1.29. The number of carbonyl (C=O) groups excluding carboxylic acids is 1. The number of hydrogen-bond donors (Lipinski definition) is 3. The van der Waals surface area contributed by atoms with Crippen LogP contribution in [0.15, 0.2) is 65.8 Å². The number of nitrogens with zero attached hydrogens (tertiary/aromatic N) is 2. The van der Waals surface area contributed by atoms with Gasteiger partial charge in [-0.25, -0.2) is 5.43 Å². The molecule has 1 amide bonds. The molecular formula is C19H16N4O4. The summed E-state index contributed by atoms with van der Waals surface area (Å²) >= 11 is 0. The van der Waals surface area contributed by atoms with Crippen molar-refractivity contribution in [2.24, 2.45) is 5.10 Å². The maximum Gasteiger partial charge on any atom is 0.310 e. The van der Waals surface area contributed by atoms with Crippen LogP contribution >= 0.6 is 0 Å². The highest BCUT2D eigenvalue weighted by molar-refractivity contribution is 5.95. The molecule has 0 aliphatic rings. The molecule has 0 aliphatic heterocycles. The van der Waals surface area contributed by atoms with E-state index in [1.165, 1.54) is 24.4 Å². The number of amides is 1. The minimum Gasteiger partial charge on any atom is -0.502 e. The van der Waals surface area contributed by atoms with E-state index >= 15 is 0 Å². The van der Waals surface area contributed by atoms with Gasteiger partial charge in [0.05, 0.1) is 17.7 Å². The van der Waals surface area contributed by atoms with Gasteiger partial charge in [-0.05, 0) is 29.1 Å². The fourth-order valence-electron chi connectivity index (χ4n) is 2.55. The normalized spacial score (nSPS) is 10.8. The highest BCUT2D eigenvalue weighted by atomic mass is 16.6. The first-order valence-electron chi connectivity index (χ1n) is 8.05. The van der Waals surface area contributed by atoms with Crippen LogP contribution in [0.1, 0.15) is 5.56 Å². The first-order valence-corrected chi connectivity index (χ1v) is 8.05. The number of hydrazone groups is 1. The van der Waals surface area contributed by atoms with Crippen LogP contribution in [0.2, 0.25) is 0 Å². The van der Waals surface area contributed by atoms with Gasteiger partial charge >= 0.3 is 5.69 Å².